The highest BCUT2D eigenvalue weighted by molar-refractivity contribution is 5.82. The Labute approximate surface area is 149 Å². The molecule has 26 heavy (non-hydrogen) atoms. The summed E-state index contributed by atoms with van der Waals surface area (Å²) >= 11 is 0. The predicted octanol–water partition coefficient (Wildman–Crippen LogP) is -2.17. The number of benzene rings is 1. The molecule has 0 unspecified atom stereocenters. The van der Waals surface area contributed by atoms with E-state index in [9.17, 15) is 24.9 Å². The molecule has 1 aliphatic rings. The van der Waals surface area contributed by atoms with Gasteiger partial charge in [-0.15, -0.1) is 0 Å². The Bertz CT molecular complexity index is 599. The summed E-state index contributed by atoms with van der Waals surface area (Å²) in [5.74, 6) is -0.733. The lowest BCUT2D eigenvalue weighted by Crippen LogP contribution is -2.64. The van der Waals surface area contributed by atoms with Gasteiger partial charge in [0.05, 0.1) is 6.61 Å². The van der Waals surface area contributed by atoms with Crippen LogP contribution in [-0.4, -0.2) is 76.2 Å². The van der Waals surface area contributed by atoms with Gasteiger partial charge >= 0.3 is 6.09 Å². The van der Waals surface area contributed by atoms with Gasteiger partial charge in [0.1, 0.15) is 37.5 Å². The van der Waals surface area contributed by atoms with Crippen LogP contribution in [0.2, 0.25) is 0 Å². The summed E-state index contributed by atoms with van der Waals surface area (Å²) in [5, 5.41) is 42.9. The van der Waals surface area contributed by atoms with Crippen LogP contribution >= 0.6 is 0 Å². The van der Waals surface area contributed by atoms with Crippen molar-refractivity contribution in [2.75, 3.05) is 13.2 Å². The number of carbonyl (C=O) groups is 2. The lowest BCUT2D eigenvalue weighted by Gasteiger charge is -2.40. The Morgan fingerprint density at radius 1 is 1.12 bits per heavy atom. The van der Waals surface area contributed by atoms with Crippen LogP contribution in [0, 0.1) is 0 Å². The number of aliphatic hydroxyl groups excluding tert-OH is 4. The normalized spacial score (nSPS) is 28.2. The Morgan fingerprint density at radius 3 is 2.46 bits per heavy atom. The average Bonchev–Trinajstić information content (AvgIpc) is 2.65. The summed E-state index contributed by atoms with van der Waals surface area (Å²) in [6.45, 7) is -1.04. The van der Waals surface area contributed by atoms with Gasteiger partial charge in [-0.3, -0.25) is 4.79 Å². The lowest BCUT2D eigenvalue weighted by atomic mass is 9.97. The van der Waals surface area contributed by atoms with E-state index in [4.69, 9.17) is 14.6 Å². The maximum Gasteiger partial charge on any atom is 0.407 e. The molecule has 144 valence electrons. The predicted molar refractivity (Wildman–Crippen MR) is 86.5 cm³/mol. The molecule has 10 nitrogen and oxygen atoms in total. The van der Waals surface area contributed by atoms with E-state index < -0.39 is 55.8 Å². The van der Waals surface area contributed by atoms with Crippen molar-refractivity contribution in [2.45, 2.75) is 37.3 Å². The van der Waals surface area contributed by atoms with E-state index in [2.05, 4.69) is 10.6 Å². The lowest BCUT2D eigenvalue weighted by molar-refractivity contribution is -0.253. The van der Waals surface area contributed by atoms with E-state index >= 15 is 0 Å². The Morgan fingerprint density at radius 2 is 1.81 bits per heavy atom. The average molecular weight is 370 g/mol. The number of hydrogen-bond donors (Lipinski definition) is 6. The van der Waals surface area contributed by atoms with Crippen LogP contribution in [0.1, 0.15) is 5.56 Å². The van der Waals surface area contributed by atoms with Gasteiger partial charge in [0.2, 0.25) is 5.91 Å². The third-order valence-electron chi connectivity index (χ3n) is 3.83. The first-order valence-electron chi connectivity index (χ1n) is 7.96. The summed E-state index contributed by atoms with van der Waals surface area (Å²) in [5.41, 5.74) is 0.783. The molecule has 0 aliphatic carbocycles. The van der Waals surface area contributed by atoms with Crippen LogP contribution < -0.4 is 10.6 Å². The molecule has 1 aromatic carbocycles. The molecule has 6 N–H and O–H groups in total. The largest absolute Gasteiger partial charge is 0.445 e. The molecule has 0 bridgehead atoms. The van der Waals surface area contributed by atoms with Crippen LogP contribution in [0.4, 0.5) is 4.79 Å². The molecule has 0 saturated carbocycles. The van der Waals surface area contributed by atoms with Crippen molar-refractivity contribution in [2.24, 2.45) is 0 Å². The Balaban J connectivity index is 1.75. The molecule has 1 fully saturated rings. The van der Waals surface area contributed by atoms with Crippen molar-refractivity contribution in [1.82, 2.24) is 10.6 Å². The fourth-order valence-corrected chi connectivity index (χ4v) is 2.42. The van der Waals surface area contributed by atoms with Crippen molar-refractivity contribution >= 4 is 12.0 Å². The highest BCUT2D eigenvalue weighted by Crippen LogP contribution is 2.19. The number of hydrogen-bond acceptors (Lipinski definition) is 8. The first-order valence-corrected chi connectivity index (χ1v) is 7.96. The van der Waals surface area contributed by atoms with Gasteiger partial charge in [-0.2, -0.15) is 0 Å². The summed E-state index contributed by atoms with van der Waals surface area (Å²) in [7, 11) is 0. The second-order valence-corrected chi connectivity index (χ2v) is 5.74. The van der Waals surface area contributed by atoms with Gasteiger partial charge in [0.15, 0.2) is 6.29 Å². The zero-order valence-electron chi connectivity index (χ0n) is 13.8. The minimum atomic E-state index is -1.63. The van der Waals surface area contributed by atoms with Gasteiger partial charge in [-0.1, -0.05) is 30.3 Å². The zero-order chi connectivity index (χ0) is 19.1. The topological polar surface area (TPSA) is 158 Å². The molecule has 10 heteroatoms. The monoisotopic (exact) mass is 370 g/mol. The van der Waals surface area contributed by atoms with Gasteiger partial charge in [0, 0.05) is 0 Å². The third-order valence-corrected chi connectivity index (χ3v) is 3.83. The molecule has 1 saturated heterocycles. The number of carbonyl (C=O) groups excluding carboxylic acids is 2. The van der Waals surface area contributed by atoms with E-state index in [0.717, 1.165) is 5.56 Å². The van der Waals surface area contributed by atoms with E-state index in [0.29, 0.717) is 0 Å². The molecule has 2 rings (SSSR count). The standard InChI is InChI=1S/C16H22N2O8/c19-7-10-13(21)14(22)12(15(23)26-10)18-11(20)6-17-16(24)25-8-9-4-2-1-3-5-9/h1-5,10,12-15,19,21-23H,6-8H2,(H,17,24)(H,18,20)/t10-,12+,13-,14-,15+/m1/s1. The molecular formula is C16H22N2O8. The summed E-state index contributed by atoms with van der Waals surface area (Å²) < 4.78 is 9.85. The molecule has 0 radical (unpaired) electrons. The van der Waals surface area contributed by atoms with E-state index in [-0.39, 0.29) is 6.61 Å². The number of aliphatic hydroxyl groups is 4. The maximum absolute atomic E-state index is 11.8. The summed E-state index contributed by atoms with van der Waals surface area (Å²) in [6.07, 6.45) is -6.65. The van der Waals surface area contributed by atoms with Crippen molar-refractivity contribution in [3.8, 4) is 0 Å². The van der Waals surface area contributed by atoms with Crippen LogP contribution in [0.3, 0.4) is 0 Å². The Kier molecular flexibility index (Phi) is 7.30. The second kappa shape index (κ2) is 9.46. The first kappa shape index (κ1) is 20.1. The van der Waals surface area contributed by atoms with Crippen LogP contribution in [-0.2, 0) is 20.9 Å². The Hall–Kier alpha value is -2.24. The van der Waals surface area contributed by atoms with Crippen molar-refractivity contribution in [3.05, 3.63) is 35.9 Å². The second-order valence-electron chi connectivity index (χ2n) is 5.74. The summed E-state index contributed by atoms with van der Waals surface area (Å²) in [6, 6.07) is 7.65. The van der Waals surface area contributed by atoms with E-state index in [1.165, 1.54) is 0 Å². The quantitative estimate of drug-likeness (QED) is 0.330. The van der Waals surface area contributed by atoms with E-state index in [1.807, 2.05) is 6.07 Å². The number of nitrogens with one attached hydrogen (secondary N) is 2. The van der Waals surface area contributed by atoms with Gasteiger partial charge in [-0.25, -0.2) is 4.79 Å². The summed E-state index contributed by atoms with van der Waals surface area (Å²) in [4.78, 5) is 23.4. The molecule has 0 spiro atoms. The maximum atomic E-state index is 11.8. The van der Waals surface area contributed by atoms with Crippen LogP contribution in [0.15, 0.2) is 30.3 Å². The van der Waals surface area contributed by atoms with Crippen molar-refractivity contribution < 1.29 is 39.5 Å². The minimum absolute atomic E-state index is 0.0386. The molecule has 2 amide bonds. The smallest absolute Gasteiger partial charge is 0.407 e. The number of amides is 2. The minimum Gasteiger partial charge on any atom is -0.445 e. The number of alkyl carbamates (subject to hydrolysis) is 1. The van der Waals surface area contributed by atoms with E-state index in [1.54, 1.807) is 24.3 Å². The van der Waals surface area contributed by atoms with Crippen LogP contribution in [0.5, 0.6) is 0 Å². The van der Waals surface area contributed by atoms with Crippen LogP contribution in [0.25, 0.3) is 0 Å². The molecule has 0 aromatic heterocycles. The first-order chi connectivity index (χ1) is 12.4. The number of rotatable bonds is 6. The SMILES string of the molecule is O=C(CNC(=O)OCc1ccccc1)N[C@H]1[C@@H](O)[C@H](O)[C@@H](CO)O[C@@H]1O. The molecule has 1 aliphatic heterocycles. The molecular weight excluding hydrogens is 348 g/mol. The van der Waals surface area contributed by atoms with Gasteiger partial charge < -0.3 is 40.5 Å². The van der Waals surface area contributed by atoms with Gasteiger partial charge in [-0.05, 0) is 5.56 Å². The fraction of sp³-hybridized carbons (Fsp3) is 0.500. The van der Waals surface area contributed by atoms with Crippen molar-refractivity contribution in [3.63, 3.8) is 0 Å². The third kappa shape index (κ3) is 5.38. The number of ether oxygens (including phenoxy) is 2. The molecule has 1 heterocycles. The molecule has 1 aromatic rings. The van der Waals surface area contributed by atoms with Crippen molar-refractivity contribution in [1.29, 1.82) is 0 Å². The fourth-order valence-electron chi connectivity index (χ4n) is 2.42. The highest BCUT2D eigenvalue weighted by atomic mass is 16.6. The molecule has 5 atom stereocenters. The van der Waals surface area contributed by atoms with Gasteiger partial charge in [0.25, 0.3) is 0 Å². The zero-order valence-corrected chi connectivity index (χ0v) is 13.8. The highest BCUT2D eigenvalue weighted by Gasteiger charge is 2.44.